The van der Waals surface area contributed by atoms with Crippen LogP contribution in [0.5, 0.6) is 11.5 Å². The maximum absolute atomic E-state index is 10.9. The van der Waals surface area contributed by atoms with Gasteiger partial charge in [-0.15, -0.1) is 0 Å². The molecule has 3 rings (SSSR count). The van der Waals surface area contributed by atoms with Crippen LogP contribution in [0, 0.1) is 28.4 Å². The van der Waals surface area contributed by atoms with Gasteiger partial charge in [0.25, 0.3) is 5.69 Å². The standard InChI is InChI=1S/C24H20N2O4/c1-17-6-9-20(10-7-17)21(15-25)12-18-8-11-23(24(14-18)29-2)30-16-19-4-3-5-22(13-19)26(27)28/h3-14H,16H2,1-2H3/b21-12-. The van der Waals surface area contributed by atoms with Gasteiger partial charge in [0.2, 0.25) is 0 Å². The first-order valence-corrected chi connectivity index (χ1v) is 9.23. The minimum atomic E-state index is -0.438. The maximum atomic E-state index is 10.9. The lowest BCUT2D eigenvalue weighted by Gasteiger charge is -2.12. The molecule has 6 nitrogen and oxygen atoms in total. The zero-order valence-electron chi connectivity index (χ0n) is 16.7. The fraction of sp³-hybridized carbons (Fsp3) is 0.125. The van der Waals surface area contributed by atoms with Crippen molar-refractivity contribution in [2.75, 3.05) is 7.11 Å². The lowest BCUT2D eigenvalue weighted by atomic mass is 10.0. The van der Waals surface area contributed by atoms with Crippen molar-refractivity contribution in [1.29, 1.82) is 5.26 Å². The van der Waals surface area contributed by atoms with Crippen LogP contribution < -0.4 is 9.47 Å². The predicted octanol–water partition coefficient (Wildman–Crippen LogP) is 5.56. The van der Waals surface area contributed by atoms with Crippen molar-refractivity contribution in [3.8, 4) is 17.6 Å². The van der Waals surface area contributed by atoms with Crippen LogP contribution in [0.3, 0.4) is 0 Å². The molecule has 0 saturated heterocycles. The van der Waals surface area contributed by atoms with Crippen LogP contribution in [0.4, 0.5) is 5.69 Å². The molecule has 6 heteroatoms. The van der Waals surface area contributed by atoms with Gasteiger partial charge in [-0.05, 0) is 41.8 Å². The number of hydrogen-bond donors (Lipinski definition) is 0. The molecule has 150 valence electrons. The first kappa shape index (κ1) is 20.6. The van der Waals surface area contributed by atoms with Gasteiger partial charge in [-0.1, -0.05) is 48.0 Å². The Morgan fingerprint density at radius 1 is 1.10 bits per heavy atom. The van der Waals surface area contributed by atoms with Crippen LogP contribution in [0.15, 0.2) is 66.7 Å². The van der Waals surface area contributed by atoms with Gasteiger partial charge in [0.1, 0.15) is 6.61 Å². The molecule has 0 bridgehead atoms. The van der Waals surface area contributed by atoms with Crippen molar-refractivity contribution in [1.82, 2.24) is 0 Å². The van der Waals surface area contributed by atoms with Crippen molar-refractivity contribution >= 4 is 17.3 Å². The third-order valence-corrected chi connectivity index (χ3v) is 4.50. The fourth-order valence-electron chi connectivity index (χ4n) is 2.89. The van der Waals surface area contributed by atoms with E-state index >= 15 is 0 Å². The first-order valence-electron chi connectivity index (χ1n) is 9.23. The van der Waals surface area contributed by atoms with Gasteiger partial charge in [0.15, 0.2) is 11.5 Å². The number of aryl methyl sites for hydroxylation is 1. The molecule has 0 aliphatic heterocycles. The van der Waals surface area contributed by atoms with E-state index in [0.29, 0.717) is 22.6 Å². The number of nitriles is 1. The van der Waals surface area contributed by atoms with Gasteiger partial charge in [0, 0.05) is 12.1 Å². The summed E-state index contributed by atoms with van der Waals surface area (Å²) in [4.78, 5) is 10.5. The maximum Gasteiger partial charge on any atom is 0.269 e. The number of non-ortho nitro benzene ring substituents is 1. The van der Waals surface area contributed by atoms with E-state index in [4.69, 9.17) is 9.47 Å². The largest absolute Gasteiger partial charge is 0.493 e. The fourth-order valence-corrected chi connectivity index (χ4v) is 2.89. The van der Waals surface area contributed by atoms with Crippen LogP contribution in [0.1, 0.15) is 22.3 Å². The van der Waals surface area contributed by atoms with Crippen LogP contribution in [-0.4, -0.2) is 12.0 Å². The van der Waals surface area contributed by atoms with Gasteiger partial charge in [-0.2, -0.15) is 5.26 Å². The van der Waals surface area contributed by atoms with Crippen molar-refractivity contribution in [2.45, 2.75) is 13.5 Å². The normalized spacial score (nSPS) is 10.9. The molecule has 0 amide bonds. The Labute approximate surface area is 174 Å². The zero-order chi connectivity index (χ0) is 21.5. The van der Waals surface area contributed by atoms with Crippen LogP contribution in [0.25, 0.3) is 11.6 Å². The molecule has 0 atom stereocenters. The topological polar surface area (TPSA) is 85.4 Å². The molecule has 0 fully saturated rings. The van der Waals surface area contributed by atoms with E-state index in [1.807, 2.05) is 37.3 Å². The Morgan fingerprint density at radius 2 is 1.87 bits per heavy atom. The molecule has 0 aliphatic rings. The Kier molecular flexibility index (Phi) is 6.46. The molecule has 0 N–H and O–H groups in total. The number of allylic oxidation sites excluding steroid dienone is 1. The third-order valence-electron chi connectivity index (χ3n) is 4.50. The summed E-state index contributed by atoms with van der Waals surface area (Å²) >= 11 is 0. The highest BCUT2D eigenvalue weighted by Crippen LogP contribution is 2.31. The number of nitro groups is 1. The minimum absolute atomic E-state index is 0.0173. The van der Waals surface area contributed by atoms with E-state index in [0.717, 1.165) is 16.7 Å². The molecule has 0 aliphatic carbocycles. The Morgan fingerprint density at radius 3 is 2.53 bits per heavy atom. The van der Waals surface area contributed by atoms with E-state index in [1.165, 1.54) is 19.2 Å². The molecule has 0 spiro atoms. The second kappa shape index (κ2) is 9.39. The van der Waals surface area contributed by atoms with Crippen LogP contribution >= 0.6 is 0 Å². The lowest BCUT2D eigenvalue weighted by molar-refractivity contribution is -0.384. The third kappa shape index (κ3) is 5.03. The average molecular weight is 400 g/mol. The Bertz CT molecular complexity index is 1130. The van der Waals surface area contributed by atoms with E-state index in [9.17, 15) is 15.4 Å². The SMILES string of the molecule is COc1cc(/C=C(/C#N)c2ccc(C)cc2)ccc1OCc1cccc([N+](=O)[O-])c1. The van der Waals surface area contributed by atoms with Crippen molar-refractivity contribution in [3.05, 3.63) is 99.1 Å². The molecule has 0 heterocycles. The summed E-state index contributed by atoms with van der Waals surface area (Å²) in [5, 5.41) is 20.5. The van der Waals surface area contributed by atoms with Gasteiger partial charge in [-0.25, -0.2) is 0 Å². The molecule has 0 aromatic heterocycles. The summed E-state index contributed by atoms with van der Waals surface area (Å²) < 4.78 is 11.2. The van der Waals surface area contributed by atoms with Crippen LogP contribution in [0.2, 0.25) is 0 Å². The highest BCUT2D eigenvalue weighted by Gasteiger charge is 2.09. The van der Waals surface area contributed by atoms with Crippen molar-refractivity contribution in [3.63, 3.8) is 0 Å². The van der Waals surface area contributed by atoms with Gasteiger partial charge in [-0.3, -0.25) is 10.1 Å². The van der Waals surface area contributed by atoms with Gasteiger partial charge in [0.05, 0.1) is 23.7 Å². The number of benzene rings is 3. The number of hydrogen-bond acceptors (Lipinski definition) is 5. The summed E-state index contributed by atoms with van der Waals surface area (Å²) in [6.07, 6.45) is 1.79. The summed E-state index contributed by atoms with van der Waals surface area (Å²) in [6, 6.07) is 21.7. The van der Waals surface area contributed by atoms with E-state index in [1.54, 1.807) is 30.3 Å². The number of nitrogens with zero attached hydrogens (tertiary/aromatic N) is 2. The molecule has 3 aromatic rings. The molecule has 0 saturated carbocycles. The predicted molar refractivity (Wildman–Crippen MR) is 115 cm³/mol. The highest BCUT2D eigenvalue weighted by atomic mass is 16.6. The van der Waals surface area contributed by atoms with Gasteiger partial charge < -0.3 is 9.47 Å². The molecular weight excluding hydrogens is 380 g/mol. The minimum Gasteiger partial charge on any atom is -0.493 e. The number of ether oxygens (including phenoxy) is 2. The van der Waals surface area contributed by atoms with E-state index in [2.05, 4.69) is 6.07 Å². The molecule has 3 aromatic carbocycles. The summed E-state index contributed by atoms with van der Waals surface area (Å²) in [6.45, 7) is 2.16. The highest BCUT2D eigenvalue weighted by molar-refractivity contribution is 5.89. The Hall–Kier alpha value is -4.11. The number of methoxy groups -OCH3 is 1. The van der Waals surface area contributed by atoms with Gasteiger partial charge >= 0.3 is 0 Å². The summed E-state index contributed by atoms with van der Waals surface area (Å²) in [7, 11) is 1.54. The molecule has 30 heavy (non-hydrogen) atoms. The molecule has 0 unspecified atom stereocenters. The average Bonchev–Trinajstić information content (AvgIpc) is 2.77. The zero-order valence-corrected chi connectivity index (χ0v) is 16.7. The van der Waals surface area contributed by atoms with Crippen LogP contribution in [-0.2, 0) is 6.61 Å². The second-order valence-corrected chi connectivity index (χ2v) is 6.66. The van der Waals surface area contributed by atoms with E-state index in [-0.39, 0.29) is 12.3 Å². The monoisotopic (exact) mass is 400 g/mol. The first-order chi connectivity index (χ1) is 14.5. The summed E-state index contributed by atoms with van der Waals surface area (Å²) in [5.41, 5.74) is 4.01. The van der Waals surface area contributed by atoms with E-state index < -0.39 is 4.92 Å². The van der Waals surface area contributed by atoms with Crippen molar-refractivity contribution < 1.29 is 14.4 Å². The lowest BCUT2D eigenvalue weighted by Crippen LogP contribution is -1.99. The number of nitro benzene ring substituents is 1. The molecular formula is C24H20N2O4. The molecule has 0 radical (unpaired) electrons. The van der Waals surface area contributed by atoms with Crippen molar-refractivity contribution in [2.24, 2.45) is 0 Å². The quantitative estimate of drug-likeness (QED) is 0.224. The smallest absolute Gasteiger partial charge is 0.269 e. The summed E-state index contributed by atoms with van der Waals surface area (Å²) in [5.74, 6) is 1.02. The number of rotatable bonds is 7. The Balaban J connectivity index is 1.81. The second-order valence-electron chi connectivity index (χ2n) is 6.66.